The first-order valence-electron chi connectivity index (χ1n) is 6.69. The molecule has 2 aromatic rings. The average molecular weight is 284 g/mol. The van der Waals surface area contributed by atoms with Crippen LogP contribution in [0, 0.1) is 24.1 Å². The van der Waals surface area contributed by atoms with E-state index in [1.165, 1.54) is 12.1 Å². The Bertz CT molecular complexity index is 659. The SMILES string of the molecule is Cc1ccc(C#N)cc1OC(c1ccc(F)cc1)C(C)N. The fraction of sp³-hybridized carbons (Fsp3) is 0.235. The Labute approximate surface area is 123 Å². The van der Waals surface area contributed by atoms with Crippen LogP contribution in [-0.2, 0) is 0 Å². The summed E-state index contributed by atoms with van der Waals surface area (Å²) in [6, 6.07) is 13.1. The highest BCUT2D eigenvalue weighted by Gasteiger charge is 2.19. The summed E-state index contributed by atoms with van der Waals surface area (Å²) in [7, 11) is 0. The molecule has 2 unspecified atom stereocenters. The van der Waals surface area contributed by atoms with E-state index in [1.807, 2.05) is 19.9 Å². The van der Waals surface area contributed by atoms with Crippen LogP contribution in [0.3, 0.4) is 0 Å². The predicted molar refractivity (Wildman–Crippen MR) is 79.3 cm³/mol. The molecule has 0 heterocycles. The van der Waals surface area contributed by atoms with Gasteiger partial charge in [0.05, 0.1) is 11.6 Å². The molecule has 2 aromatic carbocycles. The van der Waals surface area contributed by atoms with Crippen LogP contribution in [0.25, 0.3) is 0 Å². The normalized spacial score (nSPS) is 13.3. The number of aryl methyl sites for hydroxylation is 1. The Morgan fingerprint density at radius 3 is 2.43 bits per heavy atom. The highest BCUT2D eigenvalue weighted by molar-refractivity contribution is 5.42. The summed E-state index contributed by atoms with van der Waals surface area (Å²) in [6.45, 7) is 3.73. The van der Waals surface area contributed by atoms with E-state index in [9.17, 15) is 4.39 Å². The second-order valence-corrected chi connectivity index (χ2v) is 5.04. The predicted octanol–water partition coefficient (Wildman–Crippen LogP) is 3.47. The highest BCUT2D eigenvalue weighted by Crippen LogP contribution is 2.28. The summed E-state index contributed by atoms with van der Waals surface area (Å²) in [5.74, 6) is 0.311. The van der Waals surface area contributed by atoms with Crippen molar-refractivity contribution in [3.05, 3.63) is 65.0 Å². The zero-order valence-electron chi connectivity index (χ0n) is 12.0. The van der Waals surface area contributed by atoms with Gasteiger partial charge in [-0.2, -0.15) is 5.26 Å². The number of hydrogen-bond donors (Lipinski definition) is 1. The van der Waals surface area contributed by atoms with E-state index < -0.39 is 6.10 Å². The van der Waals surface area contributed by atoms with Crippen molar-refractivity contribution in [1.82, 2.24) is 0 Å². The van der Waals surface area contributed by atoms with Gasteiger partial charge in [0.15, 0.2) is 0 Å². The number of hydrogen-bond acceptors (Lipinski definition) is 3. The topological polar surface area (TPSA) is 59.0 Å². The Balaban J connectivity index is 2.33. The Kier molecular flexibility index (Phi) is 4.56. The van der Waals surface area contributed by atoms with Gasteiger partial charge in [-0.1, -0.05) is 18.2 Å². The molecule has 0 aliphatic carbocycles. The maximum Gasteiger partial charge on any atom is 0.138 e. The van der Waals surface area contributed by atoms with Crippen molar-refractivity contribution in [2.75, 3.05) is 0 Å². The molecule has 21 heavy (non-hydrogen) atoms. The molecule has 3 nitrogen and oxygen atoms in total. The van der Waals surface area contributed by atoms with Crippen LogP contribution in [0.4, 0.5) is 4.39 Å². The van der Waals surface area contributed by atoms with Gasteiger partial charge < -0.3 is 10.5 Å². The molecule has 0 fully saturated rings. The highest BCUT2D eigenvalue weighted by atomic mass is 19.1. The molecule has 0 amide bonds. The monoisotopic (exact) mass is 284 g/mol. The van der Waals surface area contributed by atoms with Gasteiger partial charge in [-0.15, -0.1) is 0 Å². The molecule has 2 N–H and O–H groups in total. The molecule has 0 saturated carbocycles. The summed E-state index contributed by atoms with van der Waals surface area (Å²) in [6.07, 6.45) is -0.404. The standard InChI is InChI=1S/C17H17FN2O/c1-11-3-4-13(10-19)9-16(11)21-17(12(2)20)14-5-7-15(18)8-6-14/h3-9,12,17H,20H2,1-2H3. The van der Waals surface area contributed by atoms with E-state index in [0.29, 0.717) is 11.3 Å². The molecule has 0 bridgehead atoms. The van der Waals surface area contributed by atoms with Crippen molar-refractivity contribution in [3.63, 3.8) is 0 Å². The van der Waals surface area contributed by atoms with E-state index >= 15 is 0 Å². The maximum absolute atomic E-state index is 13.0. The average Bonchev–Trinajstić information content (AvgIpc) is 2.47. The van der Waals surface area contributed by atoms with Crippen molar-refractivity contribution in [2.24, 2.45) is 5.73 Å². The van der Waals surface area contributed by atoms with E-state index in [2.05, 4.69) is 6.07 Å². The summed E-state index contributed by atoms with van der Waals surface area (Å²) in [4.78, 5) is 0. The minimum Gasteiger partial charge on any atom is -0.484 e. The van der Waals surface area contributed by atoms with E-state index in [1.54, 1.807) is 24.3 Å². The van der Waals surface area contributed by atoms with Crippen molar-refractivity contribution in [3.8, 4) is 11.8 Å². The largest absolute Gasteiger partial charge is 0.484 e. The molecule has 0 aromatic heterocycles. The number of halogens is 1. The Hall–Kier alpha value is -2.38. The Morgan fingerprint density at radius 1 is 1.19 bits per heavy atom. The molecule has 0 saturated heterocycles. The van der Waals surface area contributed by atoms with E-state index in [4.69, 9.17) is 15.7 Å². The third-order valence-corrected chi connectivity index (χ3v) is 3.25. The van der Waals surface area contributed by atoms with Crippen molar-refractivity contribution in [1.29, 1.82) is 5.26 Å². The quantitative estimate of drug-likeness (QED) is 0.935. The minimum absolute atomic E-state index is 0.277. The molecule has 0 spiro atoms. The zero-order valence-corrected chi connectivity index (χ0v) is 12.0. The summed E-state index contributed by atoms with van der Waals surface area (Å²) in [5, 5.41) is 8.97. The summed E-state index contributed by atoms with van der Waals surface area (Å²) in [5.41, 5.74) is 8.24. The third-order valence-electron chi connectivity index (χ3n) is 3.25. The lowest BCUT2D eigenvalue weighted by atomic mass is 10.0. The molecular formula is C17H17FN2O. The lowest BCUT2D eigenvalue weighted by Gasteiger charge is -2.24. The van der Waals surface area contributed by atoms with Gasteiger partial charge in [-0.25, -0.2) is 4.39 Å². The van der Waals surface area contributed by atoms with E-state index in [0.717, 1.165) is 11.1 Å². The summed E-state index contributed by atoms with van der Waals surface area (Å²) >= 11 is 0. The number of nitrogens with two attached hydrogens (primary N) is 1. The lowest BCUT2D eigenvalue weighted by Crippen LogP contribution is -2.29. The first kappa shape index (κ1) is 15.0. The van der Waals surface area contributed by atoms with Crippen LogP contribution in [0.5, 0.6) is 5.75 Å². The van der Waals surface area contributed by atoms with Crippen LogP contribution >= 0.6 is 0 Å². The zero-order chi connectivity index (χ0) is 15.4. The number of benzene rings is 2. The number of rotatable bonds is 4. The van der Waals surface area contributed by atoms with Gasteiger partial charge in [0.2, 0.25) is 0 Å². The van der Waals surface area contributed by atoms with Gasteiger partial charge >= 0.3 is 0 Å². The number of nitrogens with zero attached hydrogens (tertiary/aromatic N) is 1. The van der Waals surface area contributed by atoms with Gasteiger partial charge in [0.25, 0.3) is 0 Å². The first-order chi connectivity index (χ1) is 10.0. The van der Waals surface area contributed by atoms with E-state index in [-0.39, 0.29) is 11.9 Å². The molecule has 0 aliphatic rings. The molecule has 0 aliphatic heterocycles. The van der Waals surface area contributed by atoms with Gasteiger partial charge in [0.1, 0.15) is 17.7 Å². The molecular weight excluding hydrogens is 267 g/mol. The van der Waals surface area contributed by atoms with Crippen molar-refractivity contribution >= 4 is 0 Å². The first-order valence-corrected chi connectivity index (χ1v) is 6.69. The number of nitriles is 1. The van der Waals surface area contributed by atoms with Gasteiger partial charge in [0, 0.05) is 6.04 Å². The summed E-state index contributed by atoms with van der Waals surface area (Å²) < 4.78 is 19.0. The molecule has 4 heteroatoms. The van der Waals surface area contributed by atoms with Crippen LogP contribution in [0.15, 0.2) is 42.5 Å². The smallest absolute Gasteiger partial charge is 0.138 e. The maximum atomic E-state index is 13.0. The molecule has 2 rings (SSSR count). The van der Waals surface area contributed by atoms with Crippen LogP contribution < -0.4 is 10.5 Å². The lowest BCUT2D eigenvalue weighted by molar-refractivity contribution is 0.179. The number of ether oxygens (including phenoxy) is 1. The third kappa shape index (κ3) is 3.59. The Morgan fingerprint density at radius 2 is 1.86 bits per heavy atom. The van der Waals surface area contributed by atoms with Gasteiger partial charge in [-0.05, 0) is 49.2 Å². The molecule has 0 radical (unpaired) electrons. The van der Waals surface area contributed by atoms with Crippen molar-refractivity contribution in [2.45, 2.75) is 26.0 Å². The van der Waals surface area contributed by atoms with Crippen LogP contribution in [-0.4, -0.2) is 6.04 Å². The second kappa shape index (κ2) is 6.38. The van der Waals surface area contributed by atoms with Crippen molar-refractivity contribution < 1.29 is 9.13 Å². The molecule has 108 valence electrons. The fourth-order valence-corrected chi connectivity index (χ4v) is 2.06. The van der Waals surface area contributed by atoms with Crippen LogP contribution in [0.2, 0.25) is 0 Å². The van der Waals surface area contributed by atoms with Crippen LogP contribution in [0.1, 0.15) is 29.7 Å². The fourth-order valence-electron chi connectivity index (χ4n) is 2.06. The minimum atomic E-state index is -0.404. The molecule has 2 atom stereocenters. The van der Waals surface area contributed by atoms with Gasteiger partial charge in [-0.3, -0.25) is 0 Å². The second-order valence-electron chi connectivity index (χ2n) is 5.04.